The van der Waals surface area contributed by atoms with Crippen LogP contribution in [0.2, 0.25) is 0 Å². The second kappa shape index (κ2) is 4.26. The number of carbonyl (C=O) groups is 1. The lowest BCUT2D eigenvalue weighted by molar-refractivity contribution is 0.0800. The monoisotopic (exact) mass is 219 g/mol. The van der Waals surface area contributed by atoms with Crippen molar-refractivity contribution in [3.63, 3.8) is 0 Å². The molecule has 0 atom stereocenters. The van der Waals surface area contributed by atoms with Gasteiger partial charge in [-0.2, -0.15) is 0 Å². The SMILES string of the molecule is CCOc1cccc(C(=O)C2(N)CCC2)c1. The summed E-state index contributed by atoms with van der Waals surface area (Å²) < 4.78 is 5.37. The van der Waals surface area contributed by atoms with Crippen LogP contribution in [-0.4, -0.2) is 17.9 Å². The van der Waals surface area contributed by atoms with Crippen molar-refractivity contribution in [3.8, 4) is 5.75 Å². The highest BCUT2D eigenvalue weighted by Crippen LogP contribution is 2.32. The summed E-state index contributed by atoms with van der Waals surface area (Å²) in [5.74, 6) is 0.775. The topological polar surface area (TPSA) is 52.3 Å². The minimum atomic E-state index is -0.620. The molecule has 0 amide bonds. The van der Waals surface area contributed by atoms with Crippen LogP contribution in [0.5, 0.6) is 5.75 Å². The first-order valence-corrected chi connectivity index (χ1v) is 5.72. The third kappa shape index (κ3) is 1.95. The summed E-state index contributed by atoms with van der Waals surface area (Å²) in [5, 5.41) is 0. The maximum atomic E-state index is 12.1. The molecule has 2 rings (SSSR count). The summed E-state index contributed by atoms with van der Waals surface area (Å²) in [7, 11) is 0. The Balaban J connectivity index is 2.19. The highest BCUT2D eigenvalue weighted by atomic mass is 16.5. The molecule has 3 heteroatoms. The van der Waals surface area contributed by atoms with Crippen molar-refractivity contribution in [2.75, 3.05) is 6.61 Å². The van der Waals surface area contributed by atoms with Gasteiger partial charge in [0.05, 0.1) is 12.1 Å². The van der Waals surface area contributed by atoms with E-state index in [0.29, 0.717) is 12.2 Å². The van der Waals surface area contributed by atoms with Gasteiger partial charge in [-0.05, 0) is 38.3 Å². The predicted molar refractivity (Wildman–Crippen MR) is 62.7 cm³/mol. The van der Waals surface area contributed by atoms with Gasteiger partial charge >= 0.3 is 0 Å². The number of carbonyl (C=O) groups excluding carboxylic acids is 1. The number of rotatable bonds is 4. The van der Waals surface area contributed by atoms with Crippen LogP contribution in [0, 0.1) is 0 Å². The molecule has 1 aliphatic rings. The van der Waals surface area contributed by atoms with E-state index < -0.39 is 5.54 Å². The molecule has 1 aliphatic carbocycles. The molecule has 0 aromatic heterocycles. The van der Waals surface area contributed by atoms with E-state index in [9.17, 15) is 4.79 Å². The number of ether oxygens (including phenoxy) is 1. The van der Waals surface area contributed by atoms with Crippen LogP contribution >= 0.6 is 0 Å². The van der Waals surface area contributed by atoms with Crippen LogP contribution < -0.4 is 10.5 Å². The van der Waals surface area contributed by atoms with E-state index in [-0.39, 0.29) is 5.78 Å². The van der Waals surface area contributed by atoms with Crippen molar-refractivity contribution in [2.24, 2.45) is 5.73 Å². The minimum Gasteiger partial charge on any atom is -0.494 e. The normalized spacial score (nSPS) is 17.6. The van der Waals surface area contributed by atoms with Crippen molar-refractivity contribution in [3.05, 3.63) is 29.8 Å². The molecule has 1 aromatic carbocycles. The lowest BCUT2D eigenvalue weighted by Crippen LogP contribution is -2.53. The summed E-state index contributed by atoms with van der Waals surface area (Å²) in [6, 6.07) is 7.26. The van der Waals surface area contributed by atoms with Gasteiger partial charge in [-0.15, -0.1) is 0 Å². The summed E-state index contributed by atoms with van der Waals surface area (Å²) in [5.41, 5.74) is 6.05. The summed E-state index contributed by atoms with van der Waals surface area (Å²) in [6.07, 6.45) is 2.64. The molecule has 0 radical (unpaired) electrons. The lowest BCUT2D eigenvalue weighted by Gasteiger charge is -2.36. The fraction of sp³-hybridized carbons (Fsp3) is 0.462. The summed E-state index contributed by atoms with van der Waals surface area (Å²) in [4.78, 5) is 12.1. The molecular formula is C13H17NO2. The van der Waals surface area contributed by atoms with E-state index in [1.54, 1.807) is 12.1 Å². The number of hydrogen-bond acceptors (Lipinski definition) is 3. The van der Waals surface area contributed by atoms with Crippen LogP contribution in [0.25, 0.3) is 0 Å². The molecule has 1 saturated carbocycles. The zero-order valence-corrected chi connectivity index (χ0v) is 9.53. The van der Waals surface area contributed by atoms with E-state index >= 15 is 0 Å². The van der Waals surface area contributed by atoms with Gasteiger partial charge in [-0.1, -0.05) is 12.1 Å². The third-order valence-corrected chi connectivity index (χ3v) is 3.11. The Morgan fingerprint density at radius 2 is 2.25 bits per heavy atom. The third-order valence-electron chi connectivity index (χ3n) is 3.11. The van der Waals surface area contributed by atoms with Crippen LogP contribution in [-0.2, 0) is 0 Å². The molecule has 0 bridgehead atoms. The zero-order chi connectivity index (χ0) is 11.6. The van der Waals surface area contributed by atoms with E-state index in [1.807, 2.05) is 19.1 Å². The van der Waals surface area contributed by atoms with Crippen molar-refractivity contribution in [2.45, 2.75) is 31.7 Å². The number of ketones is 1. The molecule has 16 heavy (non-hydrogen) atoms. The standard InChI is InChI=1S/C13H17NO2/c1-2-16-11-6-3-5-10(9-11)12(15)13(14)7-4-8-13/h3,5-6,9H,2,4,7-8,14H2,1H3. The predicted octanol–water partition coefficient (Wildman–Crippen LogP) is 2.15. The first kappa shape index (κ1) is 11.1. The van der Waals surface area contributed by atoms with E-state index in [2.05, 4.69) is 0 Å². The number of Topliss-reactive ketones (excluding diaryl/α,β-unsaturated/α-hetero) is 1. The first-order valence-electron chi connectivity index (χ1n) is 5.72. The van der Waals surface area contributed by atoms with E-state index in [1.165, 1.54) is 0 Å². The number of hydrogen-bond donors (Lipinski definition) is 1. The molecule has 2 N–H and O–H groups in total. The summed E-state index contributed by atoms with van der Waals surface area (Å²) >= 11 is 0. The Kier molecular flexibility index (Phi) is 2.97. The lowest BCUT2D eigenvalue weighted by atomic mass is 9.73. The van der Waals surface area contributed by atoms with Crippen molar-refractivity contribution in [1.82, 2.24) is 0 Å². The van der Waals surface area contributed by atoms with Gasteiger partial charge in [0.2, 0.25) is 0 Å². The fourth-order valence-corrected chi connectivity index (χ4v) is 1.97. The number of nitrogens with two attached hydrogens (primary N) is 1. The van der Waals surface area contributed by atoms with E-state index in [4.69, 9.17) is 10.5 Å². The van der Waals surface area contributed by atoms with Crippen LogP contribution in [0.15, 0.2) is 24.3 Å². The van der Waals surface area contributed by atoms with E-state index in [0.717, 1.165) is 25.0 Å². The van der Waals surface area contributed by atoms with Crippen molar-refractivity contribution in [1.29, 1.82) is 0 Å². The number of benzene rings is 1. The van der Waals surface area contributed by atoms with Gasteiger partial charge in [-0.3, -0.25) is 4.79 Å². The van der Waals surface area contributed by atoms with Crippen LogP contribution in [0.1, 0.15) is 36.5 Å². The van der Waals surface area contributed by atoms with Gasteiger partial charge in [-0.25, -0.2) is 0 Å². The zero-order valence-electron chi connectivity index (χ0n) is 9.53. The van der Waals surface area contributed by atoms with Gasteiger partial charge in [0.15, 0.2) is 5.78 Å². The van der Waals surface area contributed by atoms with Crippen molar-refractivity contribution >= 4 is 5.78 Å². The Bertz CT molecular complexity index is 397. The molecule has 1 fully saturated rings. The molecule has 86 valence electrons. The maximum absolute atomic E-state index is 12.1. The Hall–Kier alpha value is -1.35. The molecule has 0 saturated heterocycles. The first-order chi connectivity index (χ1) is 7.65. The quantitative estimate of drug-likeness (QED) is 0.789. The molecular weight excluding hydrogens is 202 g/mol. The average Bonchev–Trinajstić information content (AvgIpc) is 2.26. The smallest absolute Gasteiger partial charge is 0.182 e. The second-order valence-electron chi connectivity index (χ2n) is 4.30. The molecule has 0 unspecified atom stereocenters. The summed E-state index contributed by atoms with van der Waals surface area (Å²) in [6.45, 7) is 2.52. The molecule has 0 heterocycles. The van der Waals surface area contributed by atoms with Crippen LogP contribution in [0.3, 0.4) is 0 Å². The Morgan fingerprint density at radius 3 is 2.81 bits per heavy atom. The molecule has 0 aliphatic heterocycles. The highest BCUT2D eigenvalue weighted by Gasteiger charge is 2.40. The van der Waals surface area contributed by atoms with Gasteiger partial charge in [0.1, 0.15) is 5.75 Å². The molecule has 3 nitrogen and oxygen atoms in total. The second-order valence-corrected chi connectivity index (χ2v) is 4.30. The largest absolute Gasteiger partial charge is 0.494 e. The van der Waals surface area contributed by atoms with Gasteiger partial charge in [0, 0.05) is 5.56 Å². The highest BCUT2D eigenvalue weighted by molar-refractivity contribution is 6.03. The fourth-order valence-electron chi connectivity index (χ4n) is 1.97. The Morgan fingerprint density at radius 1 is 1.50 bits per heavy atom. The van der Waals surface area contributed by atoms with Gasteiger partial charge < -0.3 is 10.5 Å². The minimum absolute atomic E-state index is 0.0419. The van der Waals surface area contributed by atoms with Crippen LogP contribution in [0.4, 0.5) is 0 Å². The Labute approximate surface area is 95.6 Å². The molecule has 0 spiro atoms. The van der Waals surface area contributed by atoms with Crippen molar-refractivity contribution < 1.29 is 9.53 Å². The maximum Gasteiger partial charge on any atom is 0.182 e. The average molecular weight is 219 g/mol. The molecule has 1 aromatic rings. The van der Waals surface area contributed by atoms with Gasteiger partial charge in [0.25, 0.3) is 0 Å².